The highest BCUT2D eigenvalue weighted by Gasteiger charge is 2.44. The molecule has 0 aromatic heterocycles. The van der Waals surface area contributed by atoms with Gasteiger partial charge in [-0.25, -0.2) is 9.59 Å². The van der Waals surface area contributed by atoms with E-state index in [2.05, 4.69) is 150 Å². The zero-order chi connectivity index (χ0) is 69.9. The van der Waals surface area contributed by atoms with Gasteiger partial charge in [-0.05, 0) is 156 Å². The number of urea groups is 1. The van der Waals surface area contributed by atoms with Crippen molar-refractivity contribution in [3.63, 3.8) is 0 Å². The molecular formula is C78H104N9O10+. The predicted molar refractivity (Wildman–Crippen MR) is 383 cm³/mol. The number of carboxylic acid groups (broad SMARTS) is 2. The molecule has 19 heteroatoms. The molecule has 1 aliphatic carbocycles. The van der Waals surface area contributed by atoms with Crippen molar-refractivity contribution in [2.75, 3.05) is 37.6 Å². The number of aliphatic imine (C=N–C) groups is 1. The van der Waals surface area contributed by atoms with E-state index in [1.165, 1.54) is 40.3 Å². The third-order valence-electron chi connectivity index (χ3n) is 18.6. The SMILES string of the molecule is CCCCC[N+]1=C(/C=C/C2=C(Oc3ccc(CCNC(=O)[C@H](CCCN=C(N)N)CC(=O)[C@H](Cc4ccccc4)NC(=O)CCCCC(=O)CCCNC(=O)N[C@H](CCC(=O)O)C(=O)O)cc3)C(=C/C=C3/N(CCCC)c4ccccc4C3(C)C)/CCC2)C(C)(C)c2ccccc21. The number of Topliss-reactive ketones (excluding diaryl/α,β-unsaturated/α-hetero) is 2. The molecule has 0 fully saturated rings. The zero-order valence-electron chi connectivity index (χ0n) is 57.9. The minimum absolute atomic E-state index is 0.0573. The highest BCUT2D eigenvalue weighted by molar-refractivity contribution is 6.03. The topological polar surface area (TPSA) is 288 Å². The lowest BCUT2D eigenvalue weighted by Crippen LogP contribution is -2.46. The number of allylic oxidation sites excluding steroid dienone is 7. The number of ketones is 2. The van der Waals surface area contributed by atoms with Crippen LogP contribution in [0.1, 0.15) is 186 Å². The number of guanidine groups is 1. The molecule has 4 aromatic rings. The smallest absolute Gasteiger partial charge is 0.326 e. The summed E-state index contributed by atoms with van der Waals surface area (Å²) in [6, 6.07) is 31.9. The Morgan fingerprint density at radius 2 is 1.38 bits per heavy atom. The monoisotopic (exact) mass is 1330 g/mol. The summed E-state index contributed by atoms with van der Waals surface area (Å²) in [6.45, 7) is 16.4. The Bertz CT molecular complexity index is 3560. The van der Waals surface area contributed by atoms with Gasteiger partial charge in [0.25, 0.3) is 0 Å². The highest BCUT2D eigenvalue weighted by Crippen LogP contribution is 2.48. The molecule has 97 heavy (non-hydrogen) atoms. The number of carbonyl (C=O) groups is 7. The van der Waals surface area contributed by atoms with Gasteiger partial charge >= 0.3 is 18.0 Å². The third-order valence-corrected chi connectivity index (χ3v) is 18.6. The highest BCUT2D eigenvalue weighted by atomic mass is 16.5. The Kier molecular flexibility index (Phi) is 29.0. The maximum Gasteiger partial charge on any atom is 0.326 e. The molecule has 0 radical (unpaired) electrons. The fourth-order valence-corrected chi connectivity index (χ4v) is 13.2. The number of amides is 4. The number of carbonyl (C=O) groups excluding carboxylic acids is 5. The summed E-state index contributed by atoms with van der Waals surface area (Å²) in [7, 11) is 0. The van der Waals surface area contributed by atoms with Crippen molar-refractivity contribution in [3.8, 4) is 5.75 Å². The van der Waals surface area contributed by atoms with Gasteiger partial charge in [0.05, 0.1) is 11.5 Å². The lowest BCUT2D eigenvalue weighted by molar-refractivity contribution is -0.438. The number of anilines is 1. The van der Waals surface area contributed by atoms with Crippen molar-refractivity contribution in [1.29, 1.82) is 0 Å². The zero-order valence-corrected chi connectivity index (χ0v) is 57.9. The van der Waals surface area contributed by atoms with Crippen LogP contribution in [-0.2, 0) is 52.4 Å². The molecule has 10 N–H and O–H groups in total. The fraction of sp³-hybridized carbons (Fsp3) is 0.474. The first-order chi connectivity index (χ1) is 46.6. The molecule has 0 unspecified atom stereocenters. The molecule has 3 aliphatic rings. The van der Waals surface area contributed by atoms with Crippen molar-refractivity contribution in [2.24, 2.45) is 22.4 Å². The van der Waals surface area contributed by atoms with Gasteiger partial charge in [0.15, 0.2) is 17.5 Å². The van der Waals surface area contributed by atoms with Crippen LogP contribution in [0.4, 0.5) is 16.2 Å². The summed E-state index contributed by atoms with van der Waals surface area (Å²) in [5.74, 6) is -2.83. The number of para-hydroxylation sites is 2. The molecule has 2 heterocycles. The molecule has 0 bridgehead atoms. The predicted octanol–water partition coefficient (Wildman–Crippen LogP) is 12.3. The van der Waals surface area contributed by atoms with Gasteiger partial charge in [0, 0.05) is 105 Å². The van der Waals surface area contributed by atoms with E-state index in [9.17, 15) is 38.7 Å². The standard InChI is InChI=1S/C78H103N9O10/c1-7-9-20-51-87-66-34-18-16-32-62(66)78(5,6)69(87)44-39-57-27-21-26-56(38-43-68-77(3,4)61-31-15-17-33-65(61)86(68)50-10-8-2)72(57)97-60-40-36-54(37-41-60)46-49-81-73(93)58(28-22-47-82-75(79)80)53-67(89)64(52-55-24-12-11-13-25-55)84-70(90)35-19-14-29-59(88)30-23-48-83-76(96)85-63(74(94)95)42-45-71(91)92/h11-13,15-18,24-25,31-34,36-41,43-44,58,63-64H,7-10,14,19-23,26-30,35,42,45-53H2,1-6H3,(H9-,79,80,81,82,83,84,85,90,91,92,93,94,95,96)/p+1/t58-,63-,64+/m1/s1. The van der Waals surface area contributed by atoms with E-state index in [1.807, 2.05) is 54.6 Å². The number of hydrogen-bond donors (Lipinski definition) is 8. The number of hydrogen-bond acceptors (Lipinski definition) is 10. The summed E-state index contributed by atoms with van der Waals surface area (Å²) < 4.78 is 9.64. The minimum Gasteiger partial charge on any atom is -0.481 e. The molecule has 4 amide bonds. The lowest BCUT2D eigenvalue weighted by Gasteiger charge is -2.27. The van der Waals surface area contributed by atoms with Gasteiger partial charge in [-0.2, -0.15) is 4.58 Å². The van der Waals surface area contributed by atoms with Crippen molar-refractivity contribution < 1.29 is 53.1 Å². The molecule has 520 valence electrons. The van der Waals surface area contributed by atoms with Gasteiger partial charge in [0.1, 0.15) is 29.9 Å². The van der Waals surface area contributed by atoms with E-state index in [-0.39, 0.29) is 91.8 Å². The van der Waals surface area contributed by atoms with Crippen LogP contribution >= 0.6 is 0 Å². The lowest BCUT2D eigenvalue weighted by atomic mass is 9.81. The second-order valence-corrected chi connectivity index (χ2v) is 26.8. The number of aliphatic carboxylic acids is 2. The summed E-state index contributed by atoms with van der Waals surface area (Å²) in [5.41, 5.74) is 22.8. The number of ether oxygens (including phenoxy) is 1. The average molecular weight is 1330 g/mol. The molecule has 3 atom stereocenters. The quantitative estimate of drug-likeness (QED) is 0.00891. The first kappa shape index (κ1) is 75.3. The van der Waals surface area contributed by atoms with E-state index in [1.54, 1.807) is 0 Å². The maximum absolute atomic E-state index is 14.4. The number of carboxylic acids is 2. The summed E-state index contributed by atoms with van der Waals surface area (Å²) in [5, 5.41) is 28.9. The van der Waals surface area contributed by atoms with Gasteiger partial charge in [0.2, 0.25) is 17.5 Å². The van der Waals surface area contributed by atoms with E-state index < -0.39 is 42.4 Å². The molecule has 0 spiro atoms. The maximum atomic E-state index is 14.4. The van der Waals surface area contributed by atoms with Gasteiger partial charge < -0.3 is 52.6 Å². The summed E-state index contributed by atoms with van der Waals surface area (Å²) >= 11 is 0. The van der Waals surface area contributed by atoms with Gasteiger partial charge in [-0.1, -0.05) is 125 Å². The van der Waals surface area contributed by atoms with Crippen molar-refractivity contribution in [1.82, 2.24) is 21.3 Å². The molecule has 19 nitrogen and oxygen atoms in total. The van der Waals surface area contributed by atoms with Crippen LogP contribution in [-0.4, -0.2) is 113 Å². The molecule has 7 rings (SSSR count). The first-order valence-electron chi connectivity index (χ1n) is 35.0. The van der Waals surface area contributed by atoms with Gasteiger partial charge in [-0.15, -0.1) is 0 Å². The number of fused-ring (bicyclic) bond motifs is 2. The second kappa shape index (κ2) is 37.4. The van der Waals surface area contributed by atoms with Gasteiger partial charge in [-0.3, -0.25) is 29.0 Å². The normalized spacial score (nSPS) is 16.3. The van der Waals surface area contributed by atoms with E-state index in [0.29, 0.717) is 50.8 Å². The van der Waals surface area contributed by atoms with E-state index in [4.69, 9.17) is 21.3 Å². The third kappa shape index (κ3) is 22.2. The molecule has 0 saturated carbocycles. The van der Waals surface area contributed by atoms with E-state index >= 15 is 0 Å². The Morgan fingerprint density at radius 1 is 0.680 bits per heavy atom. The van der Waals surface area contributed by atoms with Crippen molar-refractivity contribution in [2.45, 2.75) is 199 Å². The number of nitrogens with one attached hydrogen (secondary N) is 4. The minimum atomic E-state index is -1.37. The van der Waals surface area contributed by atoms with Crippen molar-refractivity contribution >= 4 is 64.4 Å². The van der Waals surface area contributed by atoms with Crippen LogP contribution in [0.5, 0.6) is 5.75 Å². The van der Waals surface area contributed by atoms with Crippen LogP contribution in [0.2, 0.25) is 0 Å². The number of nitrogens with zero attached hydrogens (tertiary/aromatic N) is 3. The molecule has 4 aromatic carbocycles. The first-order valence-corrected chi connectivity index (χ1v) is 35.0. The van der Waals surface area contributed by atoms with E-state index in [0.717, 1.165) is 86.1 Å². The number of unbranched alkanes of at least 4 members (excludes halogenated alkanes) is 4. The van der Waals surface area contributed by atoms with Crippen molar-refractivity contribution in [3.05, 3.63) is 172 Å². The van der Waals surface area contributed by atoms with Crippen LogP contribution in [0.25, 0.3) is 0 Å². The Morgan fingerprint density at radius 3 is 2.10 bits per heavy atom. The largest absolute Gasteiger partial charge is 0.481 e. The fourth-order valence-electron chi connectivity index (χ4n) is 13.2. The average Bonchev–Trinajstić information content (AvgIpc) is 1.60. The van der Waals surface area contributed by atoms with Crippen LogP contribution in [0.3, 0.4) is 0 Å². The number of nitrogens with two attached hydrogens (primary N) is 2. The Balaban J connectivity index is 1.02. The number of benzene rings is 4. The Labute approximate surface area is 573 Å². The van der Waals surface area contributed by atoms with Crippen LogP contribution in [0, 0.1) is 5.92 Å². The van der Waals surface area contributed by atoms with Crippen LogP contribution < -0.4 is 42.4 Å². The van der Waals surface area contributed by atoms with Crippen LogP contribution in [0.15, 0.2) is 155 Å². The second-order valence-electron chi connectivity index (χ2n) is 26.8. The summed E-state index contributed by atoms with van der Waals surface area (Å²) in [4.78, 5) is 95.9. The Hall–Kier alpha value is -9.13. The number of rotatable bonds is 40. The molecular weight excluding hydrogens is 1220 g/mol. The molecule has 0 saturated heterocycles. The molecule has 2 aliphatic heterocycles. The summed E-state index contributed by atoms with van der Waals surface area (Å²) in [6.07, 6.45) is 19.7.